The van der Waals surface area contributed by atoms with E-state index in [-0.39, 0.29) is 12.4 Å². The summed E-state index contributed by atoms with van der Waals surface area (Å²) in [7, 11) is 0. The van der Waals surface area contributed by atoms with Gasteiger partial charge in [-0.15, -0.1) is 0 Å². The van der Waals surface area contributed by atoms with Gasteiger partial charge in [0.1, 0.15) is 11.7 Å². The number of amidine groups is 1. The molecule has 1 N–H and O–H groups in total. The number of benzene rings is 3. The lowest BCUT2D eigenvalue weighted by Crippen LogP contribution is -2.55. The SMILES string of the molecule is CCOC(=O)[C@@H]1N(c2ccc(F)cc2)C(c2ccccc2)=N[C@@]1(C(=O)O)c1ccccc1. The van der Waals surface area contributed by atoms with Crippen molar-refractivity contribution in [2.24, 2.45) is 4.99 Å². The van der Waals surface area contributed by atoms with E-state index in [4.69, 9.17) is 4.74 Å². The van der Waals surface area contributed by atoms with Crippen LogP contribution in [0.3, 0.4) is 0 Å². The molecule has 0 radical (unpaired) electrons. The van der Waals surface area contributed by atoms with Crippen molar-refractivity contribution in [1.82, 2.24) is 0 Å². The number of halogens is 1. The Labute approximate surface area is 184 Å². The molecule has 0 aliphatic carbocycles. The third-order valence-electron chi connectivity index (χ3n) is 5.35. The largest absolute Gasteiger partial charge is 0.479 e. The second-order valence-corrected chi connectivity index (χ2v) is 7.24. The Morgan fingerprint density at radius 3 is 2.16 bits per heavy atom. The van der Waals surface area contributed by atoms with Crippen molar-refractivity contribution in [3.05, 3.63) is 102 Å². The van der Waals surface area contributed by atoms with Crippen LogP contribution in [0.1, 0.15) is 18.1 Å². The molecule has 0 saturated carbocycles. The highest BCUT2D eigenvalue weighted by Crippen LogP contribution is 2.43. The van der Waals surface area contributed by atoms with E-state index in [9.17, 15) is 19.1 Å². The first-order valence-electron chi connectivity index (χ1n) is 10.1. The van der Waals surface area contributed by atoms with E-state index in [1.807, 2.05) is 6.07 Å². The summed E-state index contributed by atoms with van der Waals surface area (Å²) in [6, 6.07) is 21.5. The van der Waals surface area contributed by atoms with E-state index >= 15 is 0 Å². The summed E-state index contributed by atoms with van der Waals surface area (Å²) in [6.07, 6.45) is 0. The maximum absolute atomic E-state index is 13.7. The molecular weight excluding hydrogens is 411 g/mol. The molecule has 0 bridgehead atoms. The van der Waals surface area contributed by atoms with Gasteiger partial charge in [0.25, 0.3) is 0 Å². The average molecular weight is 432 g/mol. The van der Waals surface area contributed by atoms with Gasteiger partial charge in [0.2, 0.25) is 5.54 Å². The molecule has 4 rings (SSSR count). The van der Waals surface area contributed by atoms with Gasteiger partial charge in [-0.05, 0) is 36.8 Å². The first-order valence-corrected chi connectivity index (χ1v) is 10.1. The number of nitrogens with zero attached hydrogens (tertiary/aromatic N) is 2. The summed E-state index contributed by atoms with van der Waals surface area (Å²) in [6.45, 7) is 1.72. The first-order chi connectivity index (χ1) is 15.5. The third-order valence-corrected chi connectivity index (χ3v) is 5.35. The van der Waals surface area contributed by atoms with Gasteiger partial charge in [0.15, 0.2) is 6.04 Å². The molecule has 162 valence electrons. The van der Waals surface area contributed by atoms with Gasteiger partial charge in [-0.25, -0.2) is 19.0 Å². The monoisotopic (exact) mass is 432 g/mol. The minimum absolute atomic E-state index is 0.0672. The Balaban J connectivity index is 2.03. The zero-order chi connectivity index (χ0) is 22.7. The molecule has 0 saturated heterocycles. The molecule has 0 aromatic heterocycles. The highest BCUT2D eigenvalue weighted by atomic mass is 19.1. The second kappa shape index (κ2) is 8.63. The maximum Gasteiger partial charge on any atom is 0.339 e. The molecule has 7 heteroatoms. The quantitative estimate of drug-likeness (QED) is 0.596. The van der Waals surface area contributed by atoms with Gasteiger partial charge >= 0.3 is 11.9 Å². The van der Waals surface area contributed by atoms with Gasteiger partial charge < -0.3 is 14.7 Å². The van der Waals surface area contributed by atoms with Crippen LogP contribution in [0, 0.1) is 5.82 Å². The molecule has 0 unspecified atom stereocenters. The van der Waals surface area contributed by atoms with Crippen molar-refractivity contribution in [2.45, 2.75) is 18.5 Å². The third kappa shape index (κ3) is 3.51. The van der Waals surface area contributed by atoms with Crippen LogP contribution in [0.25, 0.3) is 0 Å². The predicted octanol–water partition coefficient (Wildman–Crippen LogP) is 4.00. The second-order valence-electron chi connectivity index (χ2n) is 7.24. The lowest BCUT2D eigenvalue weighted by molar-refractivity contribution is -0.154. The number of carbonyl (C=O) groups is 2. The number of rotatable bonds is 6. The van der Waals surface area contributed by atoms with Crippen molar-refractivity contribution < 1.29 is 23.8 Å². The van der Waals surface area contributed by atoms with Crippen molar-refractivity contribution in [1.29, 1.82) is 0 Å². The number of hydrogen-bond donors (Lipinski definition) is 1. The summed E-state index contributed by atoms with van der Waals surface area (Å²) in [5.41, 5.74) is -0.590. The topological polar surface area (TPSA) is 79.2 Å². The van der Waals surface area contributed by atoms with Crippen LogP contribution in [0.5, 0.6) is 0 Å². The number of aliphatic imine (C=N–C) groups is 1. The summed E-state index contributed by atoms with van der Waals surface area (Å²) >= 11 is 0. The summed E-state index contributed by atoms with van der Waals surface area (Å²) in [5.74, 6) is -2.20. The lowest BCUT2D eigenvalue weighted by atomic mass is 9.83. The van der Waals surface area contributed by atoms with Gasteiger partial charge in [0.05, 0.1) is 6.61 Å². The molecule has 1 aliphatic heterocycles. The Kier molecular flexibility index (Phi) is 5.73. The number of hydrogen-bond acceptors (Lipinski definition) is 5. The molecule has 32 heavy (non-hydrogen) atoms. The van der Waals surface area contributed by atoms with Crippen LogP contribution < -0.4 is 4.90 Å². The number of ether oxygens (including phenoxy) is 1. The molecule has 0 amide bonds. The van der Waals surface area contributed by atoms with Crippen LogP contribution in [0.2, 0.25) is 0 Å². The van der Waals surface area contributed by atoms with Crippen molar-refractivity contribution in [3.8, 4) is 0 Å². The van der Waals surface area contributed by atoms with E-state index < -0.39 is 29.3 Å². The zero-order valence-corrected chi connectivity index (χ0v) is 17.3. The Morgan fingerprint density at radius 2 is 1.59 bits per heavy atom. The number of anilines is 1. The summed E-state index contributed by atoms with van der Waals surface area (Å²) in [4.78, 5) is 32.3. The molecule has 6 nitrogen and oxygen atoms in total. The molecular formula is C25H21FN2O4. The fourth-order valence-corrected chi connectivity index (χ4v) is 3.96. The smallest absolute Gasteiger partial charge is 0.339 e. The van der Waals surface area contributed by atoms with Gasteiger partial charge in [-0.1, -0.05) is 60.7 Å². The fraction of sp³-hybridized carbons (Fsp3) is 0.160. The fourth-order valence-electron chi connectivity index (χ4n) is 3.96. The van der Waals surface area contributed by atoms with E-state index in [0.717, 1.165) is 0 Å². The van der Waals surface area contributed by atoms with Crippen molar-refractivity contribution in [2.75, 3.05) is 11.5 Å². The van der Waals surface area contributed by atoms with E-state index in [1.165, 1.54) is 29.2 Å². The maximum atomic E-state index is 13.7. The predicted molar refractivity (Wildman–Crippen MR) is 118 cm³/mol. The van der Waals surface area contributed by atoms with Crippen LogP contribution in [-0.2, 0) is 19.9 Å². The molecule has 0 spiro atoms. The average Bonchev–Trinajstić information content (AvgIpc) is 3.18. The Hall–Kier alpha value is -4.00. The van der Waals surface area contributed by atoms with Gasteiger partial charge in [0, 0.05) is 11.3 Å². The van der Waals surface area contributed by atoms with Crippen LogP contribution >= 0.6 is 0 Å². The molecule has 2 atom stereocenters. The highest BCUT2D eigenvalue weighted by Gasteiger charge is 2.60. The number of carboxylic acids is 1. The number of esters is 1. The molecule has 1 aliphatic rings. The summed E-state index contributed by atoms with van der Waals surface area (Å²) < 4.78 is 19.0. The van der Waals surface area contributed by atoms with Crippen molar-refractivity contribution >= 4 is 23.5 Å². The molecule has 3 aromatic rings. The minimum atomic E-state index is -1.97. The Morgan fingerprint density at radius 1 is 1.00 bits per heavy atom. The highest BCUT2D eigenvalue weighted by molar-refractivity contribution is 6.18. The number of aliphatic carboxylic acids is 1. The lowest BCUT2D eigenvalue weighted by Gasteiger charge is -2.33. The number of carbonyl (C=O) groups excluding carboxylic acids is 1. The van der Waals surface area contributed by atoms with E-state index in [2.05, 4.69) is 4.99 Å². The van der Waals surface area contributed by atoms with Gasteiger partial charge in [-0.2, -0.15) is 0 Å². The molecule has 3 aromatic carbocycles. The van der Waals surface area contributed by atoms with E-state index in [1.54, 1.807) is 61.5 Å². The number of carboxylic acid groups (broad SMARTS) is 1. The van der Waals surface area contributed by atoms with Crippen molar-refractivity contribution in [3.63, 3.8) is 0 Å². The normalized spacial score (nSPS) is 20.0. The Bertz CT molecular complexity index is 1150. The van der Waals surface area contributed by atoms with E-state index in [0.29, 0.717) is 16.8 Å². The molecule has 0 fully saturated rings. The van der Waals surface area contributed by atoms with Crippen LogP contribution in [0.15, 0.2) is 89.9 Å². The van der Waals surface area contributed by atoms with Gasteiger partial charge in [-0.3, -0.25) is 0 Å². The minimum Gasteiger partial charge on any atom is -0.479 e. The van der Waals surface area contributed by atoms with Crippen LogP contribution in [-0.4, -0.2) is 35.5 Å². The molecule has 1 heterocycles. The standard InChI is InChI=1S/C25H21FN2O4/c1-2-32-23(29)21-25(24(30)31,18-11-7-4-8-12-18)27-22(17-9-5-3-6-10-17)28(21)20-15-13-19(26)14-16-20/h3-16,21H,2H2,1H3,(H,30,31)/t21-,25-/m0/s1. The first kappa shape index (κ1) is 21.2. The summed E-state index contributed by atoms with van der Waals surface area (Å²) in [5, 5.41) is 10.5. The zero-order valence-electron chi connectivity index (χ0n) is 17.3. The van der Waals surface area contributed by atoms with Crippen LogP contribution in [0.4, 0.5) is 10.1 Å².